The van der Waals surface area contributed by atoms with Crippen molar-refractivity contribution < 1.29 is 19.1 Å². The summed E-state index contributed by atoms with van der Waals surface area (Å²) in [5.74, 6) is 0.193. The van der Waals surface area contributed by atoms with E-state index in [-0.39, 0.29) is 22.8 Å². The monoisotopic (exact) mass is 420 g/mol. The molecule has 2 aromatic carbocycles. The number of ether oxygens (including phenoxy) is 2. The van der Waals surface area contributed by atoms with E-state index in [1.807, 2.05) is 0 Å². The molecule has 0 aromatic heterocycles. The topological polar surface area (TPSA) is 67.9 Å². The summed E-state index contributed by atoms with van der Waals surface area (Å²) >= 11 is 12.3. The van der Waals surface area contributed by atoms with Crippen molar-refractivity contribution in [3.05, 3.63) is 57.7 Å². The van der Waals surface area contributed by atoms with Crippen LogP contribution in [0.15, 0.2) is 42.1 Å². The lowest BCUT2D eigenvalue weighted by molar-refractivity contribution is -0.136. The number of methoxy groups -OCH3 is 2. The molecule has 0 radical (unpaired) electrons. The fourth-order valence-electron chi connectivity index (χ4n) is 2.98. The number of benzene rings is 2. The predicted octanol–water partition coefficient (Wildman–Crippen LogP) is 4.22. The number of anilines is 1. The van der Waals surface area contributed by atoms with Gasteiger partial charge in [0.15, 0.2) is 11.5 Å². The number of nitrogens with zero attached hydrogens (tertiary/aromatic N) is 1. The maximum absolute atomic E-state index is 12.9. The second-order valence-corrected chi connectivity index (χ2v) is 6.77. The highest BCUT2D eigenvalue weighted by Crippen LogP contribution is 2.36. The molecule has 0 saturated carbocycles. The molecule has 3 rings (SSSR count). The number of imide groups is 1. The third kappa shape index (κ3) is 3.53. The first kappa shape index (κ1) is 20.0. The minimum Gasteiger partial charge on any atom is -0.493 e. The van der Waals surface area contributed by atoms with E-state index in [1.54, 1.807) is 37.3 Å². The third-order valence-electron chi connectivity index (χ3n) is 4.34. The first-order chi connectivity index (χ1) is 13.4. The number of amides is 2. The number of likely N-dealkylation sites (N-methyl/N-ethyl adjacent to an activating group) is 1. The molecule has 146 valence electrons. The number of halogens is 2. The Balaban J connectivity index is 2.11. The zero-order valence-electron chi connectivity index (χ0n) is 15.5. The van der Waals surface area contributed by atoms with E-state index >= 15 is 0 Å². The quantitative estimate of drug-likeness (QED) is 0.708. The minimum atomic E-state index is -0.427. The molecule has 0 unspecified atom stereocenters. The largest absolute Gasteiger partial charge is 0.493 e. The maximum Gasteiger partial charge on any atom is 0.278 e. The molecule has 0 atom stereocenters. The summed E-state index contributed by atoms with van der Waals surface area (Å²) in [5, 5.41) is 3.77. The molecule has 0 aliphatic carbocycles. The van der Waals surface area contributed by atoms with Crippen molar-refractivity contribution in [2.24, 2.45) is 0 Å². The Bertz CT molecular complexity index is 988. The highest BCUT2D eigenvalue weighted by molar-refractivity contribution is 6.41. The Kier molecular flexibility index (Phi) is 5.82. The van der Waals surface area contributed by atoms with Gasteiger partial charge in [-0.1, -0.05) is 29.3 Å². The van der Waals surface area contributed by atoms with Crippen LogP contribution in [0.3, 0.4) is 0 Å². The van der Waals surface area contributed by atoms with E-state index in [9.17, 15) is 9.59 Å². The molecular formula is C20H18Cl2N2O4. The Labute approximate surface area is 172 Å². The van der Waals surface area contributed by atoms with E-state index < -0.39 is 11.8 Å². The van der Waals surface area contributed by atoms with Gasteiger partial charge in [-0.15, -0.1) is 0 Å². The van der Waals surface area contributed by atoms with Gasteiger partial charge in [-0.05, 0) is 31.2 Å². The fourth-order valence-corrected chi connectivity index (χ4v) is 3.48. The molecule has 0 fully saturated rings. The SMILES string of the molecule is CCN1C(=O)C(Nc2ccc(OC)c(OC)c2)=C(c2ccc(Cl)cc2Cl)C1=O. The van der Waals surface area contributed by atoms with Crippen molar-refractivity contribution in [3.8, 4) is 11.5 Å². The number of rotatable bonds is 6. The predicted molar refractivity (Wildman–Crippen MR) is 109 cm³/mol. The van der Waals surface area contributed by atoms with Crippen molar-refractivity contribution in [2.75, 3.05) is 26.1 Å². The van der Waals surface area contributed by atoms with Crippen molar-refractivity contribution in [1.82, 2.24) is 4.90 Å². The average molecular weight is 421 g/mol. The molecule has 2 aromatic rings. The van der Waals surface area contributed by atoms with Gasteiger partial charge in [0.2, 0.25) is 0 Å². The Morgan fingerprint density at radius 1 is 0.964 bits per heavy atom. The first-order valence-electron chi connectivity index (χ1n) is 8.46. The van der Waals surface area contributed by atoms with E-state index in [0.717, 1.165) is 4.90 Å². The van der Waals surface area contributed by atoms with Gasteiger partial charge in [0.1, 0.15) is 5.70 Å². The summed E-state index contributed by atoms with van der Waals surface area (Å²) in [6, 6.07) is 9.89. The molecule has 0 saturated heterocycles. The minimum absolute atomic E-state index is 0.142. The Hall–Kier alpha value is -2.70. The summed E-state index contributed by atoms with van der Waals surface area (Å²) in [4.78, 5) is 26.9. The molecule has 1 N–H and O–H groups in total. The summed E-state index contributed by atoms with van der Waals surface area (Å²) in [6.45, 7) is 1.97. The van der Waals surface area contributed by atoms with Crippen molar-refractivity contribution in [3.63, 3.8) is 0 Å². The van der Waals surface area contributed by atoms with Crippen molar-refractivity contribution in [2.45, 2.75) is 6.92 Å². The molecule has 8 heteroatoms. The smallest absolute Gasteiger partial charge is 0.278 e. The zero-order chi connectivity index (χ0) is 20.4. The summed E-state index contributed by atoms with van der Waals surface area (Å²) in [5.41, 5.74) is 1.34. The van der Waals surface area contributed by atoms with E-state index in [4.69, 9.17) is 32.7 Å². The van der Waals surface area contributed by atoms with Gasteiger partial charge in [0.05, 0.1) is 24.8 Å². The Morgan fingerprint density at radius 2 is 1.68 bits per heavy atom. The Morgan fingerprint density at radius 3 is 2.29 bits per heavy atom. The lowest BCUT2D eigenvalue weighted by Gasteiger charge is -2.13. The number of carbonyl (C=O) groups is 2. The van der Waals surface area contributed by atoms with Crippen LogP contribution in [0, 0.1) is 0 Å². The van der Waals surface area contributed by atoms with Crippen LogP contribution in [-0.2, 0) is 9.59 Å². The van der Waals surface area contributed by atoms with Crippen LogP contribution < -0.4 is 14.8 Å². The van der Waals surface area contributed by atoms with Gasteiger partial charge in [0.25, 0.3) is 11.8 Å². The number of hydrogen-bond acceptors (Lipinski definition) is 5. The zero-order valence-corrected chi connectivity index (χ0v) is 17.0. The van der Waals surface area contributed by atoms with Gasteiger partial charge in [-0.25, -0.2) is 0 Å². The lowest BCUT2D eigenvalue weighted by Crippen LogP contribution is -2.32. The van der Waals surface area contributed by atoms with Gasteiger partial charge in [-0.3, -0.25) is 14.5 Å². The van der Waals surface area contributed by atoms with Gasteiger partial charge in [0, 0.05) is 28.9 Å². The van der Waals surface area contributed by atoms with Crippen molar-refractivity contribution >= 4 is 46.3 Å². The van der Waals surface area contributed by atoms with Crippen LogP contribution in [0.5, 0.6) is 11.5 Å². The van der Waals surface area contributed by atoms with Crippen LogP contribution in [0.4, 0.5) is 5.69 Å². The van der Waals surface area contributed by atoms with Gasteiger partial charge < -0.3 is 14.8 Å². The van der Waals surface area contributed by atoms with Gasteiger partial charge in [-0.2, -0.15) is 0 Å². The normalized spacial score (nSPS) is 14.0. The average Bonchev–Trinajstić information content (AvgIpc) is 2.91. The van der Waals surface area contributed by atoms with E-state index in [1.165, 1.54) is 20.3 Å². The molecule has 0 bridgehead atoms. The van der Waals surface area contributed by atoms with Crippen LogP contribution >= 0.6 is 23.2 Å². The molecule has 1 aliphatic heterocycles. The molecule has 1 heterocycles. The van der Waals surface area contributed by atoms with E-state index in [0.29, 0.717) is 27.8 Å². The second-order valence-electron chi connectivity index (χ2n) is 5.92. The van der Waals surface area contributed by atoms with Gasteiger partial charge >= 0.3 is 0 Å². The van der Waals surface area contributed by atoms with E-state index in [2.05, 4.69) is 5.32 Å². The molecule has 6 nitrogen and oxygen atoms in total. The van der Waals surface area contributed by atoms with Crippen LogP contribution in [-0.4, -0.2) is 37.5 Å². The number of hydrogen-bond donors (Lipinski definition) is 1. The standard InChI is InChI=1S/C20H18Cl2N2O4/c1-4-24-19(25)17(13-7-5-11(21)9-14(13)22)18(20(24)26)23-12-6-8-15(27-2)16(10-12)28-3/h5-10,23H,4H2,1-3H3. The molecule has 0 spiro atoms. The summed E-state index contributed by atoms with van der Waals surface area (Å²) in [7, 11) is 3.05. The number of nitrogens with one attached hydrogen (secondary N) is 1. The van der Waals surface area contributed by atoms with Crippen LogP contribution in [0.2, 0.25) is 10.0 Å². The lowest BCUT2D eigenvalue weighted by atomic mass is 10.0. The molecule has 1 aliphatic rings. The summed E-state index contributed by atoms with van der Waals surface area (Å²) in [6.07, 6.45) is 0. The maximum atomic E-state index is 12.9. The molecule has 28 heavy (non-hydrogen) atoms. The third-order valence-corrected chi connectivity index (χ3v) is 4.89. The highest BCUT2D eigenvalue weighted by atomic mass is 35.5. The summed E-state index contributed by atoms with van der Waals surface area (Å²) < 4.78 is 10.5. The molecular weight excluding hydrogens is 403 g/mol. The highest BCUT2D eigenvalue weighted by Gasteiger charge is 2.39. The van der Waals surface area contributed by atoms with Crippen LogP contribution in [0.1, 0.15) is 12.5 Å². The van der Waals surface area contributed by atoms with Crippen molar-refractivity contribution in [1.29, 1.82) is 0 Å². The molecule has 2 amide bonds. The number of carbonyl (C=O) groups excluding carboxylic acids is 2. The fraction of sp³-hybridized carbons (Fsp3) is 0.200. The first-order valence-corrected chi connectivity index (χ1v) is 9.21. The van der Waals surface area contributed by atoms with Crippen LogP contribution in [0.25, 0.3) is 5.57 Å². The second kappa shape index (κ2) is 8.12.